The Bertz CT molecular complexity index is 814. The maximum atomic E-state index is 5.44. The van der Waals surface area contributed by atoms with Gasteiger partial charge in [-0.25, -0.2) is 0 Å². The van der Waals surface area contributed by atoms with Gasteiger partial charge in [0.1, 0.15) is 5.75 Å². The highest BCUT2D eigenvalue weighted by Crippen LogP contribution is 2.50. The van der Waals surface area contributed by atoms with Gasteiger partial charge in [-0.1, -0.05) is 47.5 Å². The second-order valence-electron chi connectivity index (χ2n) is 6.76. The van der Waals surface area contributed by atoms with Crippen LogP contribution in [0.5, 0.6) is 5.75 Å². The molecule has 1 nitrogen and oxygen atoms in total. The fourth-order valence-electron chi connectivity index (χ4n) is 4.03. The Morgan fingerprint density at radius 3 is 2.59 bits per heavy atom. The van der Waals surface area contributed by atoms with E-state index in [2.05, 4.69) is 66.2 Å². The summed E-state index contributed by atoms with van der Waals surface area (Å²) in [4.78, 5) is 0. The Hall–Kier alpha value is -1.54. The molecular weight excluding hydrogens is 336 g/mol. The van der Waals surface area contributed by atoms with E-state index < -0.39 is 0 Å². The van der Waals surface area contributed by atoms with Gasteiger partial charge < -0.3 is 4.74 Å². The minimum absolute atomic E-state index is 0.0585. The fourth-order valence-corrected chi connectivity index (χ4v) is 4.44. The van der Waals surface area contributed by atoms with E-state index in [1.54, 1.807) is 12.7 Å². The van der Waals surface area contributed by atoms with E-state index in [9.17, 15) is 0 Å². The second-order valence-corrected chi connectivity index (χ2v) is 7.68. The summed E-state index contributed by atoms with van der Waals surface area (Å²) in [5.41, 5.74) is 8.90. The molecule has 0 atom stereocenters. The van der Waals surface area contributed by atoms with E-state index >= 15 is 0 Å². The molecule has 112 valence electrons. The van der Waals surface area contributed by atoms with Crippen LogP contribution in [0.15, 0.2) is 46.4 Å². The minimum Gasteiger partial charge on any atom is -0.497 e. The fraction of sp³-hybridized carbons (Fsp3) is 0.300. The molecule has 2 heteroatoms. The Labute approximate surface area is 140 Å². The highest BCUT2D eigenvalue weighted by molar-refractivity contribution is 9.10. The first-order valence-corrected chi connectivity index (χ1v) is 8.48. The van der Waals surface area contributed by atoms with Crippen LogP contribution >= 0.6 is 15.9 Å². The van der Waals surface area contributed by atoms with Gasteiger partial charge in [0.25, 0.3) is 0 Å². The topological polar surface area (TPSA) is 9.23 Å². The van der Waals surface area contributed by atoms with Crippen molar-refractivity contribution in [3.63, 3.8) is 0 Å². The van der Waals surface area contributed by atoms with Gasteiger partial charge in [-0.2, -0.15) is 0 Å². The highest BCUT2D eigenvalue weighted by atomic mass is 79.9. The first kappa shape index (κ1) is 14.1. The van der Waals surface area contributed by atoms with Crippen molar-refractivity contribution in [1.29, 1.82) is 0 Å². The van der Waals surface area contributed by atoms with Crippen molar-refractivity contribution in [3.05, 3.63) is 68.7 Å². The van der Waals surface area contributed by atoms with E-state index in [-0.39, 0.29) is 5.41 Å². The number of halogens is 1. The quantitative estimate of drug-likeness (QED) is 0.674. The molecule has 22 heavy (non-hydrogen) atoms. The van der Waals surface area contributed by atoms with Crippen LogP contribution in [0.1, 0.15) is 36.1 Å². The van der Waals surface area contributed by atoms with Crippen molar-refractivity contribution in [2.45, 2.75) is 32.1 Å². The summed E-state index contributed by atoms with van der Waals surface area (Å²) < 4.78 is 6.61. The molecule has 0 bridgehead atoms. The second kappa shape index (κ2) is 4.73. The smallest absolute Gasteiger partial charge is 0.119 e. The summed E-state index contributed by atoms with van der Waals surface area (Å²) in [6.45, 7) is 4.70. The van der Waals surface area contributed by atoms with Crippen LogP contribution in [-0.4, -0.2) is 7.11 Å². The van der Waals surface area contributed by atoms with Crippen LogP contribution in [0.4, 0.5) is 0 Å². The number of allylic oxidation sites excluding steroid dienone is 2. The molecule has 2 aliphatic rings. The SMILES string of the molecule is COc1ccc2c(c1)C(C)(C)C1=C(C2)c2ccc(Br)cc2C1. The monoisotopic (exact) mass is 354 g/mol. The average Bonchev–Trinajstić information content (AvgIpc) is 2.86. The zero-order valence-electron chi connectivity index (χ0n) is 13.2. The number of hydrogen-bond donors (Lipinski definition) is 0. The van der Waals surface area contributed by atoms with Crippen molar-refractivity contribution in [1.82, 2.24) is 0 Å². The third-order valence-corrected chi connectivity index (χ3v) is 5.73. The molecule has 0 radical (unpaired) electrons. The van der Waals surface area contributed by atoms with Gasteiger partial charge in [-0.05, 0) is 64.9 Å². The molecule has 0 amide bonds. The summed E-state index contributed by atoms with van der Waals surface area (Å²) in [5, 5.41) is 0. The van der Waals surface area contributed by atoms with Crippen molar-refractivity contribution in [2.75, 3.05) is 7.11 Å². The van der Waals surface area contributed by atoms with Gasteiger partial charge in [-0.3, -0.25) is 0 Å². The highest BCUT2D eigenvalue weighted by Gasteiger charge is 2.38. The molecule has 0 unspecified atom stereocenters. The van der Waals surface area contributed by atoms with Gasteiger partial charge in [0, 0.05) is 9.89 Å². The van der Waals surface area contributed by atoms with Crippen LogP contribution in [0.25, 0.3) is 5.57 Å². The Kier molecular flexibility index (Phi) is 3.02. The zero-order chi connectivity index (χ0) is 15.5. The molecule has 0 fully saturated rings. The lowest BCUT2D eigenvalue weighted by molar-refractivity contribution is 0.412. The first-order chi connectivity index (χ1) is 10.5. The molecule has 2 aliphatic carbocycles. The van der Waals surface area contributed by atoms with E-state index in [0.717, 1.165) is 18.6 Å². The van der Waals surface area contributed by atoms with E-state index in [1.165, 1.54) is 32.3 Å². The summed E-state index contributed by atoms with van der Waals surface area (Å²) in [5.74, 6) is 0.953. The normalized spacial score (nSPS) is 17.8. The van der Waals surface area contributed by atoms with Crippen LogP contribution < -0.4 is 4.74 Å². The van der Waals surface area contributed by atoms with Crippen LogP contribution in [-0.2, 0) is 18.3 Å². The van der Waals surface area contributed by atoms with E-state index in [1.807, 2.05) is 0 Å². The molecule has 4 rings (SSSR count). The maximum absolute atomic E-state index is 5.44. The lowest BCUT2D eigenvalue weighted by Crippen LogP contribution is -2.26. The number of hydrogen-bond acceptors (Lipinski definition) is 1. The standard InChI is InChI=1S/C20H19BrO/c1-20(2)18-11-15(22-3)6-4-12(18)9-17-16-7-5-14(21)8-13(16)10-19(17)20/h4-8,11H,9-10H2,1-3H3. The zero-order valence-corrected chi connectivity index (χ0v) is 14.8. The number of fused-ring (bicyclic) bond motifs is 3. The maximum Gasteiger partial charge on any atom is 0.119 e. The van der Waals surface area contributed by atoms with Gasteiger partial charge >= 0.3 is 0 Å². The molecular formula is C20H19BrO. The lowest BCUT2D eigenvalue weighted by Gasteiger charge is -2.35. The first-order valence-electron chi connectivity index (χ1n) is 7.69. The van der Waals surface area contributed by atoms with Gasteiger partial charge in [-0.15, -0.1) is 0 Å². The van der Waals surface area contributed by atoms with Crippen molar-refractivity contribution < 1.29 is 4.74 Å². The largest absolute Gasteiger partial charge is 0.497 e. The van der Waals surface area contributed by atoms with E-state index in [0.29, 0.717) is 0 Å². The summed E-state index contributed by atoms with van der Waals surface area (Å²) in [6, 6.07) is 13.2. The molecule has 0 saturated heterocycles. The van der Waals surface area contributed by atoms with Crippen molar-refractivity contribution in [2.24, 2.45) is 0 Å². The Morgan fingerprint density at radius 1 is 1.00 bits per heavy atom. The molecule has 0 saturated carbocycles. The van der Waals surface area contributed by atoms with Crippen LogP contribution in [0.3, 0.4) is 0 Å². The predicted octanol–water partition coefficient (Wildman–Crippen LogP) is 5.30. The lowest BCUT2D eigenvalue weighted by atomic mass is 9.69. The van der Waals surface area contributed by atoms with Gasteiger partial charge in [0.2, 0.25) is 0 Å². The number of rotatable bonds is 1. The predicted molar refractivity (Wildman–Crippen MR) is 94.5 cm³/mol. The molecule has 0 N–H and O–H groups in total. The molecule has 2 aromatic carbocycles. The molecule has 2 aromatic rings. The summed E-state index contributed by atoms with van der Waals surface area (Å²) in [7, 11) is 1.74. The van der Waals surface area contributed by atoms with Gasteiger partial charge in [0.05, 0.1) is 7.11 Å². The molecule has 0 aliphatic heterocycles. The van der Waals surface area contributed by atoms with Crippen LogP contribution in [0, 0.1) is 0 Å². The Balaban J connectivity index is 1.88. The molecule has 0 aromatic heterocycles. The van der Waals surface area contributed by atoms with Crippen molar-refractivity contribution >= 4 is 21.5 Å². The van der Waals surface area contributed by atoms with Gasteiger partial charge in [0.15, 0.2) is 0 Å². The van der Waals surface area contributed by atoms with E-state index in [4.69, 9.17) is 4.74 Å². The third kappa shape index (κ3) is 1.90. The third-order valence-electron chi connectivity index (χ3n) is 5.24. The van der Waals surface area contributed by atoms with Crippen LogP contribution in [0.2, 0.25) is 0 Å². The number of benzene rings is 2. The van der Waals surface area contributed by atoms with Crippen molar-refractivity contribution in [3.8, 4) is 5.75 Å². The average molecular weight is 355 g/mol. The number of methoxy groups -OCH3 is 1. The summed E-state index contributed by atoms with van der Waals surface area (Å²) >= 11 is 3.60. The minimum atomic E-state index is 0.0585. The molecule has 0 spiro atoms. The Morgan fingerprint density at radius 2 is 1.82 bits per heavy atom. The number of ether oxygens (including phenoxy) is 1. The summed E-state index contributed by atoms with van der Waals surface area (Å²) in [6.07, 6.45) is 2.10. The molecule has 0 heterocycles.